The van der Waals surface area contributed by atoms with Crippen molar-refractivity contribution < 1.29 is 0 Å². The van der Waals surface area contributed by atoms with Gasteiger partial charge in [0.15, 0.2) is 0 Å². The molecule has 1 heterocycles. The molecule has 1 aromatic rings. The Kier molecular flexibility index (Phi) is 3.63. The molecule has 2 N–H and O–H groups in total. The fourth-order valence-electron chi connectivity index (χ4n) is 2.61. The Balaban J connectivity index is 2.06. The second kappa shape index (κ2) is 5.01. The van der Waals surface area contributed by atoms with E-state index in [1.54, 1.807) is 0 Å². The van der Waals surface area contributed by atoms with Gasteiger partial charge < -0.3 is 5.73 Å². The first-order chi connectivity index (χ1) is 8.15. The first-order valence-electron chi connectivity index (χ1n) is 6.45. The summed E-state index contributed by atoms with van der Waals surface area (Å²) in [5, 5.41) is 0. The highest BCUT2D eigenvalue weighted by molar-refractivity contribution is 5.88. The minimum Gasteiger partial charge on any atom is -0.326 e. The molecule has 0 spiro atoms. The predicted octanol–water partition coefficient (Wildman–Crippen LogP) is 2.60. The van der Waals surface area contributed by atoms with Gasteiger partial charge in [0.1, 0.15) is 0 Å². The van der Waals surface area contributed by atoms with E-state index in [4.69, 9.17) is 5.73 Å². The van der Waals surface area contributed by atoms with E-state index in [1.807, 2.05) is 0 Å². The molecule has 0 saturated heterocycles. The van der Waals surface area contributed by atoms with E-state index in [2.05, 4.69) is 43.1 Å². The van der Waals surface area contributed by atoms with Crippen LogP contribution in [0.25, 0.3) is 0 Å². The molecule has 2 heteroatoms. The number of hydrogen-bond acceptors (Lipinski definition) is 2. The number of aryl methyl sites for hydroxylation is 1. The van der Waals surface area contributed by atoms with E-state index >= 15 is 0 Å². The number of nitrogens with two attached hydrogens (primary N) is 1. The summed E-state index contributed by atoms with van der Waals surface area (Å²) >= 11 is 0. The minimum atomic E-state index is 0.279. The van der Waals surface area contributed by atoms with Gasteiger partial charge in [0.2, 0.25) is 0 Å². The van der Waals surface area contributed by atoms with Gasteiger partial charge >= 0.3 is 0 Å². The van der Waals surface area contributed by atoms with Crippen molar-refractivity contribution in [2.75, 3.05) is 13.1 Å². The molecule has 0 aliphatic carbocycles. The Morgan fingerprint density at radius 2 is 2.12 bits per heavy atom. The minimum absolute atomic E-state index is 0.279. The lowest BCUT2D eigenvalue weighted by atomic mass is 9.81. The van der Waals surface area contributed by atoms with Crippen LogP contribution in [0.4, 0.5) is 0 Å². The van der Waals surface area contributed by atoms with Crippen molar-refractivity contribution in [3.63, 3.8) is 0 Å². The molecule has 0 amide bonds. The molecule has 1 aliphatic heterocycles. The van der Waals surface area contributed by atoms with Gasteiger partial charge in [-0.1, -0.05) is 38.1 Å². The van der Waals surface area contributed by atoms with Gasteiger partial charge in [0.05, 0.1) is 0 Å². The second-order valence-electron chi connectivity index (χ2n) is 5.42. The number of benzene rings is 1. The maximum Gasteiger partial charge on any atom is 0.0449 e. The topological polar surface area (TPSA) is 38.4 Å². The molecule has 0 bridgehead atoms. The van der Waals surface area contributed by atoms with Crippen LogP contribution in [0, 0.1) is 5.41 Å². The first kappa shape index (κ1) is 12.3. The molecule has 1 unspecified atom stereocenters. The fraction of sp³-hybridized carbons (Fsp3) is 0.533. The number of nitrogens with zero attached hydrogens (tertiary/aromatic N) is 1. The van der Waals surface area contributed by atoms with Crippen LogP contribution < -0.4 is 5.73 Å². The highest BCUT2D eigenvalue weighted by Gasteiger charge is 2.30. The van der Waals surface area contributed by atoms with Gasteiger partial charge in [0, 0.05) is 18.8 Å². The van der Waals surface area contributed by atoms with Crippen molar-refractivity contribution in [1.82, 2.24) is 0 Å². The van der Waals surface area contributed by atoms with Crippen LogP contribution in [0.3, 0.4) is 0 Å². The van der Waals surface area contributed by atoms with Crippen molar-refractivity contribution in [2.24, 2.45) is 16.1 Å². The van der Waals surface area contributed by atoms with E-state index in [0.717, 1.165) is 25.8 Å². The Labute approximate surface area is 104 Å². The third-order valence-corrected chi connectivity index (χ3v) is 3.58. The maximum absolute atomic E-state index is 5.66. The third-order valence-electron chi connectivity index (χ3n) is 3.58. The summed E-state index contributed by atoms with van der Waals surface area (Å²) in [4.78, 5) is 4.54. The Morgan fingerprint density at radius 3 is 2.76 bits per heavy atom. The molecular formula is C15H22N2. The normalized spacial score (nSPS) is 23.8. The second-order valence-corrected chi connectivity index (χ2v) is 5.42. The lowest BCUT2D eigenvalue weighted by Crippen LogP contribution is -2.23. The highest BCUT2D eigenvalue weighted by atomic mass is 14.8. The van der Waals surface area contributed by atoms with Crippen LogP contribution in [0.2, 0.25) is 0 Å². The summed E-state index contributed by atoms with van der Waals surface area (Å²) in [7, 11) is 0. The van der Waals surface area contributed by atoms with Gasteiger partial charge in [-0.3, -0.25) is 4.99 Å². The summed E-state index contributed by atoms with van der Waals surface area (Å²) < 4.78 is 0. The lowest BCUT2D eigenvalue weighted by Gasteiger charge is -2.23. The van der Waals surface area contributed by atoms with E-state index < -0.39 is 0 Å². The highest BCUT2D eigenvalue weighted by Crippen LogP contribution is 2.32. The monoisotopic (exact) mass is 230 g/mol. The lowest BCUT2D eigenvalue weighted by molar-refractivity contribution is 0.371. The Bertz CT molecular complexity index is 423. The van der Waals surface area contributed by atoms with Gasteiger partial charge in [-0.25, -0.2) is 0 Å². The first-order valence-corrected chi connectivity index (χ1v) is 6.45. The quantitative estimate of drug-likeness (QED) is 0.848. The molecule has 1 aromatic carbocycles. The van der Waals surface area contributed by atoms with Gasteiger partial charge in [0.25, 0.3) is 0 Å². The summed E-state index contributed by atoms with van der Waals surface area (Å²) in [6.45, 7) is 6.06. The zero-order valence-electron chi connectivity index (χ0n) is 10.9. The molecule has 0 radical (unpaired) electrons. The Hall–Kier alpha value is -1.15. The van der Waals surface area contributed by atoms with Crippen LogP contribution in [-0.4, -0.2) is 18.8 Å². The van der Waals surface area contributed by atoms with Gasteiger partial charge in [-0.15, -0.1) is 0 Å². The Morgan fingerprint density at radius 1 is 1.35 bits per heavy atom. The maximum atomic E-state index is 5.66. The molecule has 1 aliphatic rings. The van der Waals surface area contributed by atoms with E-state index in [0.29, 0.717) is 6.54 Å². The van der Waals surface area contributed by atoms with Crippen LogP contribution in [0.15, 0.2) is 29.3 Å². The molecule has 17 heavy (non-hydrogen) atoms. The van der Waals surface area contributed by atoms with Crippen LogP contribution in [0.1, 0.15) is 31.4 Å². The van der Waals surface area contributed by atoms with E-state index in [9.17, 15) is 0 Å². The van der Waals surface area contributed by atoms with Crippen molar-refractivity contribution in [3.05, 3.63) is 35.4 Å². The predicted molar refractivity (Wildman–Crippen MR) is 73.6 cm³/mol. The zero-order valence-corrected chi connectivity index (χ0v) is 10.9. The van der Waals surface area contributed by atoms with Crippen molar-refractivity contribution >= 4 is 5.71 Å². The standard InChI is InChI=1S/C15H22N2/c1-3-12-5-4-6-13(7-12)8-15(2)9-14(10-16)17-11-15/h4-7H,3,8-11,16H2,1-2H3. The van der Waals surface area contributed by atoms with Crippen LogP contribution in [-0.2, 0) is 12.8 Å². The average molecular weight is 230 g/mol. The van der Waals surface area contributed by atoms with E-state index in [-0.39, 0.29) is 5.41 Å². The van der Waals surface area contributed by atoms with Crippen molar-refractivity contribution in [1.29, 1.82) is 0 Å². The molecule has 92 valence electrons. The van der Waals surface area contributed by atoms with Gasteiger partial charge in [-0.05, 0) is 35.8 Å². The molecule has 2 rings (SSSR count). The zero-order chi connectivity index (χ0) is 12.3. The fourth-order valence-corrected chi connectivity index (χ4v) is 2.61. The largest absolute Gasteiger partial charge is 0.326 e. The third kappa shape index (κ3) is 2.95. The average Bonchev–Trinajstić information content (AvgIpc) is 2.71. The van der Waals surface area contributed by atoms with Gasteiger partial charge in [-0.2, -0.15) is 0 Å². The van der Waals surface area contributed by atoms with Crippen molar-refractivity contribution in [2.45, 2.75) is 33.1 Å². The molecule has 0 saturated carbocycles. The molecule has 2 nitrogen and oxygen atoms in total. The number of hydrogen-bond donors (Lipinski definition) is 1. The SMILES string of the molecule is CCc1cccc(CC2(C)CN=C(CN)C2)c1. The number of aliphatic imine (C=N–C) groups is 1. The van der Waals surface area contributed by atoms with E-state index in [1.165, 1.54) is 16.8 Å². The summed E-state index contributed by atoms with van der Waals surface area (Å²) in [5.41, 5.74) is 9.97. The molecular weight excluding hydrogens is 208 g/mol. The number of rotatable bonds is 4. The van der Waals surface area contributed by atoms with Crippen molar-refractivity contribution in [3.8, 4) is 0 Å². The van der Waals surface area contributed by atoms with Crippen LogP contribution >= 0.6 is 0 Å². The summed E-state index contributed by atoms with van der Waals surface area (Å²) in [6, 6.07) is 8.91. The summed E-state index contributed by atoms with van der Waals surface area (Å²) in [5.74, 6) is 0. The summed E-state index contributed by atoms with van der Waals surface area (Å²) in [6.07, 6.45) is 3.27. The molecule has 0 aromatic heterocycles. The molecule has 0 fully saturated rings. The van der Waals surface area contributed by atoms with Crippen LogP contribution in [0.5, 0.6) is 0 Å². The molecule has 1 atom stereocenters. The smallest absolute Gasteiger partial charge is 0.0449 e.